The van der Waals surface area contributed by atoms with Crippen molar-refractivity contribution in [2.45, 2.75) is 64.2 Å². The minimum Gasteiger partial charge on any atom is -0.0475 e. The maximum absolute atomic E-state index is 1.62. The van der Waals surface area contributed by atoms with Gasteiger partial charge in [0, 0.05) is 0 Å². The molecule has 100 valence electrons. The summed E-state index contributed by atoms with van der Waals surface area (Å²) >= 11 is 0. The molecular weight excluding hydrogens is 216 g/mol. The van der Waals surface area contributed by atoms with Crippen LogP contribution in [-0.4, -0.2) is 0 Å². The summed E-state index contributed by atoms with van der Waals surface area (Å²) in [6.07, 6.45) is 16.1. The Bertz CT molecular complexity index is 247. The molecule has 0 heteroatoms. The molecule has 0 heterocycles. The lowest BCUT2D eigenvalue weighted by Gasteiger charge is -2.60. The highest BCUT2D eigenvalue weighted by Gasteiger charge is 2.53. The lowest BCUT2D eigenvalue weighted by molar-refractivity contribution is -0.101. The fourth-order valence-electron chi connectivity index (χ4n) is 6.94. The quantitative estimate of drug-likeness (QED) is 0.569. The van der Waals surface area contributed by atoms with Crippen LogP contribution < -0.4 is 0 Å². The van der Waals surface area contributed by atoms with E-state index in [4.69, 9.17) is 0 Å². The molecule has 0 nitrogen and oxygen atoms in total. The van der Waals surface area contributed by atoms with Gasteiger partial charge in [0.05, 0.1) is 0 Å². The van der Waals surface area contributed by atoms with E-state index in [1.165, 1.54) is 47.3 Å². The second kappa shape index (κ2) is 3.76. The van der Waals surface area contributed by atoms with Gasteiger partial charge in [-0.2, -0.15) is 0 Å². The molecule has 0 saturated heterocycles. The molecule has 0 atom stereocenters. The van der Waals surface area contributed by atoms with Crippen molar-refractivity contribution in [3.8, 4) is 0 Å². The highest BCUT2D eigenvalue weighted by molar-refractivity contribution is 5.03. The molecule has 10 rings (SSSR count). The van der Waals surface area contributed by atoms with Gasteiger partial charge in [-0.15, -0.1) is 0 Å². The van der Waals surface area contributed by atoms with Crippen molar-refractivity contribution >= 4 is 0 Å². The second-order valence-electron chi connectivity index (χ2n) is 8.86. The van der Waals surface area contributed by atoms with Crippen molar-refractivity contribution in [3.63, 3.8) is 0 Å². The Labute approximate surface area is 112 Å². The summed E-state index contributed by atoms with van der Waals surface area (Å²) in [5.41, 5.74) is 0. The zero-order chi connectivity index (χ0) is 11.7. The molecule has 0 aliphatic heterocycles. The number of hydrogen-bond donors (Lipinski definition) is 0. The predicted molar refractivity (Wildman–Crippen MR) is 74.1 cm³/mol. The third-order valence-corrected chi connectivity index (χ3v) is 7.76. The Morgan fingerprint density at radius 3 is 0.667 bits per heavy atom. The predicted octanol–water partition coefficient (Wildman–Crippen LogP) is 4.89. The fourth-order valence-corrected chi connectivity index (χ4v) is 6.94. The van der Waals surface area contributed by atoms with E-state index in [0.717, 1.165) is 0 Å². The van der Waals surface area contributed by atoms with Crippen LogP contribution in [0.25, 0.3) is 0 Å². The molecule has 10 fully saturated rings. The lowest BCUT2D eigenvalue weighted by atomic mass is 9.45. The molecule has 10 aliphatic carbocycles. The molecule has 10 aliphatic rings. The first-order valence-electron chi connectivity index (χ1n) is 8.83. The van der Waals surface area contributed by atoms with Crippen LogP contribution in [0.2, 0.25) is 0 Å². The van der Waals surface area contributed by atoms with Crippen molar-refractivity contribution < 1.29 is 0 Å². The van der Waals surface area contributed by atoms with Crippen LogP contribution in [0.1, 0.15) is 64.2 Å². The van der Waals surface area contributed by atoms with Gasteiger partial charge in [0.15, 0.2) is 0 Å². The summed E-state index contributed by atoms with van der Waals surface area (Å²) in [7, 11) is 0. The Morgan fingerprint density at radius 2 is 0.500 bits per heavy atom. The molecule has 0 radical (unpaired) electrons. The van der Waals surface area contributed by atoms with Crippen LogP contribution in [0, 0.1) is 47.3 Å². The highest BCUT2D eigenvalue weighted by atomic mass is 14.6. The topological polar surface area (TPSA) is 0 Å². The highest BCUT2D eigenvalue weighted by Crippen LogP contribution is 2.62. The smallest absolute Gasteiger partial charge is 0.0380 e. The minimum atomic E-state index is 1.18. The fraction of sp³-hybridized carbons (Fsp3) is 1.00. The van der Waals surface area contributed by atoms with Crippen molar-refractivity contribution in [1.29, 1.82) is 0 Å². The average Bonchev–Trinajstić information content (AvgIpc) is 2.25. The van der Waals surface area contributed by atoms with Crippen molar-refractivity contribution in [1.82, 2.24) is 0 Å². The third-order valence-electron chi connectivity index (χ3n) is 7.76. The van der Waals surface area contributed by atoms with Crippen LogP contribution in [0.15, 0.2) is 0 Å². The van der Waals surface area contributed by atoms with Crippen molar-refractivity contribution in [2.24, 2.45) is 47.3 Å². The SMILES string of the molecule is C1C2CC1C1CC2C1.C1C2CC3CC1CC(C2)C3. The molecule has 18 heavy (non-hydrogen) atoms. The Balaban J connectivity index is 0.0000000917. The Hall–Kier alpha value is 0. The molecule has 10 saturated carbocycles. The summed E-state index contributed by atoms with van der Waals surface area (Å²) in [4.78, 5) is 0. The van der Waals surface area contributed by atoms with Gasteiger partial charge in [-0.1, -0.05) is 0 Å². The van der Waals surface area contributed by atoms with Gasteiger partial charge in [0.1, 0.15) is 0 Å². The zero-order valence-electron chi connectivity index (χ0n) is 11.7. The minimum absolute atomic E-state index is 1.18. The van der Waals surface area contributed by atoms with Gasteiger partial charge >= 0.3 is 0 Å². The van der Waals surface area contributed by atoms with Crippen LogP contribution >= 0.6 is 0 Å². The van der Waals surface area contributed by atoms with Gasteiger partial charge in [0.2, 0.25) is 0 Å². The monoisotopic (exact) mass is 244 g/mol. The molecular formula is C18H28. The molecule has 0 amide bonds. The van der Waals surface area contributed by atoms with Gasteiger partial charge in [-0.25, -0.2) is 0 Å². The van der Waals surface area contributed by atoms with Gasteiger partial charge in [-0.3, -0.25) is 0 Å². The zero-order valence-corrected chi connectivity index (χ0v) is 11.7. The van der Waals surface area contributed by atoms with E-state index in [1.807, 2.05) is 0 Å². The maximum atomic E-state index is 1.62. The Kier molecular flexibility index (Phi) is 2.25. The average molecular weight is 244 g/mol. The molecule has 0 aromatic heterocycles. The summed E-state index contributed by atoms with van der Waals surface area (Å²) in [5, 5.41) is 0. The van der Waals surface area contributed by atoms with E-state index in [0.29, 0.717) is 0 Å². The number of hydrogen-bond acceptors (Lipinski definition) is 0. The van der Waals surface area contributed by atoms with Crippen LogP contribution in [-0.2, 0) is 0 Å². The molecule has 0 spiro atoms. The van der Waals surface area contributed by atoms with Crippen LogP contribution in [0.5, 0.6) is 0 Å². The van der Waals surface area contributed by atoms with Crippen LogP contribution in [0.3, 0.4) is 0 Å². The molecule has 0 aromatic carbocycles. The van der Waals surface area contributed by atoms with Crippen LogP contribution in [0.4, 0.5) is 0 Å². The lowest BCUT2D eigenvalue weighted by Crippen LogP contribution is -2.51. The normalized spacial score (nSPS) is 61.3. The van der Waals surface area contributed by atoms with Gasteiger partial charge in [-0.05, 0) is 112 Å². The maximum Gasteiger partial charge on any atom is -0.0380 e. The largest absolute Gasteiger partial charge is 0.0475 e. The first-order chi connectivity index (χ1) is 8.83. The van der Waals surface area contributed by atoms with E-state index >= 15 is 0 Å². The van der Waals surface area contributed by atoms with Gasteiger partial charge < -0.3 is 0 Å². The van der Waals surface area contributed by atoms with Crippen molar-refractivity contribution in [2.75, 3.05) is 0 Å². The molecule has 8 bridgehead atoms. The second-order valence-corrected chi connectivity index (χ2v) is 8.86. The Morgan fingerprint density at radius 1 is 0.278 bits per heavy atom. The first-order valence-corrected chi connectivity index (χ1v) is 8.83. The van der Waals surface area contributed by atoms with E-state index in [1.54, 1.807) is 64.2 Å². The van der Waals surface area contributed by atoms with E-state index in [2.05, 4.69) is 0 Å². The van der Waals surface area contributed by atoms with E-state index in [-0.39, 0.29) is 0 Å². The summed E-state index contributed by atoms with van der Waals surface area (Å²) in [5.74, 6) is 9.56. The standard InChI is InChI=1S/C10H16.C8H12/c1-7-2-9-4-8(1)5-10(3-7)6-9;1-5-2-6(1)8-3-7(5)4-8/h7-10H,1-6H2;5-8H,1-4H2. The summed E-state index contributed by atoms with van der Waals surface area (Å²) in [6.45, 7) is 0. The molecule has 0 N–H and O–H groups in total. The first kappa shape index (κ1) is 10.7. The van der Waals surface area contributed by atoms with Gasteiger partial charge in [0.25, 0.3) is 0 Å². The van der Waals surface area contributed by atoms with E-state index in [9.17, 15) is 0 Å². The number of rotatable bonds is 0. The molecule has 0 aromatic rings. The summed E-state index contributed by atoms with van der Waals surface area (Å²) in [6, 6.07) is 0. The molecule has 0 unspecified atom stereocenters. The van der Waals surface area contributed by atoms with Crippen molar-refractivity contribution in [3.05, 3.63) is 0 Å². The van der Waals surface area contributed by atoms with E-state index < -0.39 is 0 Å². The summed E-state index contributed by atoms with van der Waals surface area (Å²) < 4.78 is 0. The third kappa shape index (κ3) is 1.56.